The highest BCUT2D eigenvalue weighted by Crippen LogP contribution is 2.05. The van der Waals surface area contributed by atoms with Crippen LogP contribution < -0.4 is 16.6 Å². The maximum Gasteiger partial charge on any atom is 0.239 e. The normalized spacial score (nSPS) is 10.0. The van der Waals surface area contributed by atoms with Crippen LogP contribution in [-0.4, -0.2) is 16.5 Å². The molecule has 0 atom stereocenters. The first-order valence-corrected chi connectivity index (χ1v) is 5.40. The number of anilines is 2. The van der Waals surface area contributed by atoms with Crippen molar-refractivity contribution in [1.82, 2.24) is 9.97 Å². The molecular weight excluding hydrogens is 190 g/mol. The van der Waals surface area contributed by atoms with Gasteiger partial charge >= 0.3 is 0 Å². The van der Waals surface area contributed by atoms with E-state index in [-0.39, 0.29) is 0 Å². The summed E-state index contributed by atoms with van der Waals surface area (Å²) < 4.78 is 0. The maximum absolute atomic E-state index is 5.21. The monoisotopic (exact) mass is 209 g/mol. The third-order valence-electron chi connectivity index (χ3n) is 2.12. The largest absolute Gasteiger partial charge is 0.370 e. The topological polar surface area (TPSA) is 75.9 Å². The summed E-state index contributed by atoms with van der Waals surface area (Å²) >= 11 is 0. The van der Waals surface area contributed by atoms with E-state index >= 15 is 0 Å². The van der Waals surface area contributed by atoms with Crippen LogP contribution in [0.15, 0.2) is 12.3 Å². The molecule has 0 bridgehead atoms. The van der Waals surface area contributed by atoms with Crippen molar-refractivity contribution in [3.8, 4) is 0 Å². The minimum atomic E-state index is 0.438. The second kappa shape index (κ2) is 7.00. The van der Waals surface area contributed by atoms with E-state index in [9.17, 15) is 0 Å². The number of nitrogen functional groups attached to an aromatic ring is 1. The molecule has 0 aliphatic carbocycles. The van der Waals surface area contributed by atoms with Gasteiger partial charge in [-0.2, -0.15) is 4.98 Å². The molecule has 0 aromatic carbocycles. The number of rotatable bonds is 7. The van der Waals surface area contributed by atoms with Crippen LogP contribution in [0.5, 0.6) is 0 Å². The van der Waals surface area contributed by atoms with Crippen LogP contribution in [0.2, 0.25) is 0 Å². The smallest absolute Gasteiger partial charge is 0.239 e. The summed E-state index contributed by atoms with van der Waals surface area (Å²) in [4.78, 5) is 8.08. The summed E-state index contributed by atoms with van der Waals surface area (Å²) in [6, 6.07) is 1.83. The lowest BCUT2D eigenvalue weighted by Crippen LogP contribution is -2.12. The molecule has 1 aromatic rings. The molecule has 0 saturated heterocycles. The number of unbranched alkanes of at least 4 members (excludes halogenated alkanes) is 3. The Morgan fingerprint density at radius 1 is 1.33 bits per heavy atom. The molecular formula is C10H19N5. The predicted molar refractivity (Wildman–Crippen MR) is 62.5 cm³/mol. The first-order valence-electron chi connectivity index (χ1n) is 5.40. The van der Waals surface area contributed by atoms with Crippen molar-refractivity contribution in [3.05, 3.63) is 12.3 Å². The summed E-state index contributed by atoms with van der Waals surface area (Å²) in [5.41, 5.74) is 2.42. The van der Waals surface area contributed by atoms with Crippen molar-refractivity contribution in [2.24, 2.45) is 5.84 Å². The molecule has 5 nitrogen and oxygen atoms in total. The number of hydrogen-bond acceptors (Lipinski definition) is 5. The van der Waals surface area contributed by atoms with Gasteiger partial charge in [-0.1, -0.05) is 26.2 Å². The minimum Gasteiger partial charge on any atom is -0.370 e. The highest BCUT2D eigenvalue weighted by atomic mass is 15.3. The lowest BCUT2D eigenvalue weighted by molar-refractivity contribution is 0.684. The average molecular weight is 209 g/mol. The van der Waals surface area contributed by atoms with Gasteiger partial charge in [0.2, 0.25) is 5.95 Å². The Kier molecular flexibility index (Phi) is 5.47. The Bertz CT molecular complexity index is 276. The van der Waals surface area contributed by atoms with Crippen LogP contribution >= 0.6 is 0 Å². The van der Waals surface area contributed by atoms with E-state index in [0.29, 0.717) is 5.95 Å². The fourth-order valence-corrected chi connectivity index (χ4v) is 1.29. The minimum absolute atomic E-state index is 0.438. The van der Waals surface area contributed by atoms with Gasteiger partial charge in [0, 0.05) is 12.7 Å². The zero-order chi connectivity index (χ0) is 10.9. The Labute approximate surface area is 90.5 Å². The highest BCUT2D eigenvalue weighted by molar-refractivity contribution is 5.38. The molecule has 0 spiro atoms. The number of nitrogens with one attached hydrogen (secondary N) is 2. The standard InChI is InChI=1S/C10H19N5/c1-2-3-4-5-7-12-9-6-8-13-10(14-9)15-11/h6,8H,2-5,7,11H2,1H3,(H2,12,13,14,15). The first-order chi connectivity index (χ1) is 7.36. The molecule has 1 rings (SSSR count). The lowest BCUT2D eigenvalue weighted by atomic mass is 10.2. The van der Waals surface area contributed by atoms with Crippen molar-refractivity contribution in [2.45, 2.75) is 32.6 Å². The van der Waals surface area contributed by atoms with Crippen LogP contribution in [0.1, 0.15) is 32.6 Å². The fourth-order valence-electron chi connectivity index (χ4n) is 1.29. The van der Waals surface area contributed by atoms with Crippen molar-refractivity contribution in [2.75, 3.05) is 17.3 Å². The molecule has 15 heavy (non-hydrogen) atoms. The van der Waals surface area contributed by atoms with E-state index in [1.807, 2.05) is 6.07 Å². The van der Waals surface area contributed by atoms with Crippen LogP contribution in [0.4, 0.5) is 11.8 Å². The second-order valence-electron chi connectivity index (χ2n) is 3.40. The van der Waals surface area contributed by atoms with E-state index in [1.54, 1.807) is 6.20 Å². The molecule has 4 N–H and O–H groups in total. The number of nitrogens with zero attached hydrogens (tertiary/aromatic N) is 2. The van der Waals surface area contributed by atoms with Crippen molar-refractivity contribution in [1.29, 1.82) is 0 Å². The molecule has 0 fully saturated rings. The van der Waals surface area contributed by atoms with Crippen molar-refractivity contribution < 1.29 is 0 Å². The number of nitrogens with two attached hydrogens (primary N) is 1. The average Bonchev–Trinajstić information content (AvgIpc) is 2.29. The summed E-state index contributed by atoms with van der Waals surface area (Å²) in [6.07, 6.45) is 6.66. The second-order valence-corrected chi connectivity index (χ2v) is 3.40. The third-order valence-corrected chi connectivity index (χ3v) is 2.12. The van der Waals surface area contributed by atoms with Gasteiger partial charge in [-0.3, -0.25) is 5.43 Å². The molecule has 0 aliphatic rings. The van der Waals surface area contributed by atoms with Crippen molar-refractivity contribution in [3.63, 3.8) is 0 Å². The van der Waals surface area contributed by atoms with Gasteiger partial charge in [-0.05, 0) is 12.5 Å². The molecule has 0 amide bonds. The van der Waals surface area contributed by atoms with Crippen molar-refractivity contribution >= 4 is 11.8 Å². The molecule has 0 unspecified atom stereocenters. The lowest BCUT2D eigenvalue weighted by Gasteiger charge is -2.05. The maximum atomic E-state index is 5.21. The van der Waals surface area contributed by atoms with E-state index in [1.165, 1.54) is 25.7 Å². The number of hydrazine groups is 1. The first kappa shape index (κ1) is 11.7. The molecule has 5 heteroatoms. The van der Waals surface area contributed by atoms with E-state index < -0.39 is 0 Å². The van der Waals surface area contributed by atoms with Crippen LogP contribution in [0.25, 0.3) is 0 Å². The molecule has 0 aliphatic heterocycles. The molecule has 0 saturated carbocycles. The van der Waals surface area contributed by atoms with Crippen LogP contribution in [-0.2, 0) is 0 Å². The quantitative estimate of drug-likeness (QED) is 0.362. The summed E-state index contributed by atoms with van der Waals surface area (Å²) in [5.74, 6) is 6.46. The summed E-state index contributed by atoms with van der Waals surface area (Å²) in [6.45, 7) is 3.15. The summed E-state index contributed by atoms with van der Waals surface area (Å²) in [7, 11) is 0. The number of hydrogen-bond donors (Lipinski definition) is 3. The zero-order valence-corrected chi connectivity index (χ0v) is 9.16. The molecule has 84 valence electrons. The van der Waals surface area contributed by atoms with Gasteiger partial charge < -0.3 is 5.32 Å². The molecule has 0 radical (unpaired) electrons. The Morgan fingerprint density at radius 2 is 2.20 bits per heavy atom. The fraction of sp³-hybridized carbons (Fsp3) is 0.600. The van der Waals surface area contributed by atoms with Gasteiger partial charge in [0.15, 0.2) is 0 Å². The zero-order valence-electron chi connectivity index (χ0n) is 9.16. The van der Waals surface area contributed by atoms with Gasteiger partial charge in [-0.15, -0.1) is 0 Å². The molecule has 1 aromatic heterocycles. The SMILES string of the molecule is CCCCCCNc1ccnc(NN)n1. The Hall–Kier alpha value is -1.36. The van der Waals surface area contributed by atoms with E-state index in [2.05, 4.69) is 27.6 Å². The summed E-state index contributed by atoms with van der Waals surface area (Å²) in [5, 5.41) is 3.23. The van der Waals surface area contributed by atoms with Gasteiger partial charge in [0.05, 0.1) is 0 Å². The van der Waals surface area contributed by atoms with Crippen LogP contribution in [0.3, 0.4) is 0 Å². The van der Waals surface area contributed by atoms with E-state index in [0.717, 1.165) is 12.4 Å². The van der Waals surface area contributed by atoms with Gasteiger partial charge in [0.25, 0.3) is 0 Å². The Balaban J connectivity index is 2.24. The predicted octanol–water partition coefficient (Wildman–Crippen LogP) is 1.75. The Morgan fingerprint density at radius 3 is 2.93 bits per heavy atom. The third kappa shape index (κ3) is 4.60. The van der Waals surface area contributed by atoms with Gasteiger partial charge in [-0.25, -0.2) is 10.8 Å². The highest BCUT2D eigenvalue weighted by Gasteiger charge is 1.95. The number of aromatic nitrogens is 2. The van der Waals surface area contributed by atoms with E-state index in [4.69, 9.17) is 5.84 Å². The van der Waals surface area contributed by atoms with Gasteiger partial charge in [0.1, 0.15) is 5.82 Å². The molecule has 1 heterocycles. The van der Waals surface area contributed by atoms with Crippen LogP contribution in [0, 0.1) is 0 Å².